The molecule has 0 radical (unpaired) electrons. The van der Waals surface area contributed by atoms with Crippen molar-refractivity contribution in [3.05, 3.63) is 59.4 Å². The second kappa shape index (κ2) is 5.23. The lowest BCUT2D eigenvalue weighted by Crippen LogP contribution is -1.88. The van der Waals surface area contributed by atoms with E-state index in [0.717, 1.165) is 22.6 Å². The predicted molar refractivity (Wildman–Crippen MR) is 71.6 cm³/mol. The van der Waals surface area contributed by atoms with E-state index in [4.69, 9.17) is 5.73 Å². The Kier molecular flexibility index (Phi) is 3.69. The van der Waals surface area contributed by atoms with E-state index in [1.54, 1.807) is 17.8 Å². The van der Waals surface area contributed by atoms with Gasteiger partial charge in [-0.2, -0.15) is 0 Å². The quantitative estimate of drug-likeness (QED) is 0.655. The van der Waals surface area contributed by atoms with Crippen molar-refractivity contribution in [1.29, 1.82) is 0 Å². The maximum Gasteiger partial charge on any atom is 0.123 e. The molecule has 2 N–H and O–H groups in total. The molecular formula is C14H14FNS. The molecule has 0 aliphatic heterocycles. The number of anilines is 1. The zero-order chi connectivity index (χ0) is 12.3. The molecule has 0 saturated heterocycles. The summed E-state index contributed by atoms with van der Waals surface area (Å²) in [4.78, 5) is 1.17. The van der Waals surface area contributed by atoms with Gasteiger partial charge in [0, 0.05) is 16.3 Å². The Hall–Kier alpha value is -1.48. The van der Waals surface area contributed by atoms with Crippen molar-refractivity contribution in [1.82, 2.24) is 0 Å². The smallest absolute Gasteiger partial charge is 0.123 e. The Labute approximate surface area is 105 Å². The molecule has 0 aliphatic carbocycles. The molecule has 1 nitrogen and oxygen atoms in total. The third-order valence-corrected chi connectivity index (χ3v) is 3.64. The van der Waals surface area contributed by atoms with Gasteiger partial charge in [-0.25, -0.2) is 4.39 Å². The predicted octanol–water partition coefficient (Wildman–Crippen LogP) is 4.01. The van der Waals surface area contributed by atoms with Crippen LogP contribution < -0.4 is 5.73 Å². The van der Waals surface area contributed by atoms with Crippen molar-refractivity contribution >= 4 is 17.4 Å². The molecule has 0 spiro atoms. The summed E-state index contributed by atoms with van der Waals surface area (Å²) in [6.07, 6.45) is 0. The Bertz CT molecular complexity index is 508. The van der Waals surface area contributed by atoms with Gasteiger partial charge in [0.1, 0.15) is 5.82 Å². The van der Waals surface area contributed by atoms with Crippen LogP contribution in [-0.2, 0) is 5.75 Å². The molecule has 0 amide bonds. The van der Waals surface area contributed by atoms with E-state index in [2.05, 4.69) is 0 Å². The van der Waals surface area contributed by atoms with E-state index in [1.807, 2.05) is 37.3 Å². The summed E-state index contributed by atoms with van der Waals surface area (Å²) in [6, 6.07) is 12.7. The monoisotopic (exact) mass is 247 g/mol. The standard InChI is InChI=1S/C14H14FNS/c1-10-8-12(15)3-2-11(10)9-17-14-6-4-13(16)5-7-14/h2-8H,9,16H2,1H3. The summed E-state index contributed by atoms with van der Waals surface area (Å²) >= 11 is 1.72. The van der Waals surface area contributed by atoms with Gasteiger partial charge in [0.15, 0.2) is 0 Å². The van der Waals surface area contributed by atoms with E-state index < -0.39 is 0 Å². The number of aryl methyl sites for hydroxylation is 1. The fraction of sp³-hybridized carbons (Fsp3) is 0.143. The molecule has 88 valence electrons. The van der Waals surface area contributed by atoms with Crippen LogP contribution in [0.25, 0.3) is 0 Å². The molecule has 0 heterocycles. The first-order valence-corrected chi connectivity index (χ1v) is 6.37. The van der Waals surface area contributed by atoms with Gasteiger partial charge in [-0.15, -0.1) is 11.8 Å². The molecule has 17 heavy (non-hydrogen) atoms. The number of hydrogen-bond donors (Lipinski definition) is 1. The molecule has 0 unspecified atom stereocenters. The number of halogens is 1. The zero-order valence-corrected chi connectivity index (χ0v) is 10.4. The number of thioether (sulfide) groups is 1. The van der Waals surface area contributed by atoms with E-state index in [9.17, 15) is 4.39 Å². The van der Waals surface area contributed by atoms with E-state index in [0.29, 0.717) is 0 Å². The van der Waals surface area contributed by atoms with Crippen LogP contribution in [0.2, 0.25) is 0 Å². The van der Waals surface area contributed by atoms with Crippen molar-refractivity contribution in [3.63, 3.8) is 0 Å². The van der Waals surface area contributed by atoms with Crippen LogP contribution in [0.5, 0.6) is 0 Å². The number of nitrogen functional groups attached to an aromatic ring is 1. The summed E-state index contributed by atoms with van der Waals surface area (Å²) < 4.78 is 12.9. The number of benzene rings is 2. The van der Waals surface area contributed by atoms with Crippen LogP contribution in [0, 0.1) is 12.7 Å². The van der Waals surface area contributed by atoms with E-state index in [-0.39, 0.29) is 5.82 Å². The third-order valence-electron chi connectivity index (χ3n) is 2.58. The molecule has 0 atom stereocenters. The first-order valence-electron chi connectivity index (χ1n) is 5.38. The molecular weight excluding hydrogens is 233 g/mol. The summed E-state index contributed by atoms with van der Waals surface area (Å²) in [5.41, 5.74) is 8.55. The highest BCUT2D eigenvalue weighted by molar-refractivity contribution is 7.98. The van der Waals surface area contributed by atoms with Crippen LogP contribution in [0.3, 0.4) is 0 Å². The lowest BCUT2D eigenvalue weighted by atomic mass is 10.1. The Morgan fingerprint density at radius 3 is 2.47 bits per heavy atom. The molecule has 2 rings (SSSR count). The summed E-state index contributed by atoms with van der Waals surface area (Å²) in [5, 5.41) is 0. The minimum atomic E-state index is -0.177. The lowest BCUT2D eigenvalue weighted by molar-refractivity contribution is 0.626. The third kappa shape index (κ3) is 3.24. The van der Waals surface area contributed by atoms with Crippen LogP contribution in [-0.4, -0.2) is 0 Å². The molecule has 3 heteroatoms. The van der Waals surface area contributed by atoms with Crippen molar-refractivity contribution in [3.8, 4) is 0 Å². The van der Waals surface area contributed by atoms with Crippen molar-refractivity contribution in [2.45, 2.75) is 17.6 Å². The summed E-state index contributed by atoms with van der Waals surface area (Å²) in [7, 11) is 0. The highest BCUT2D eigenvalue weighted by Gasteiger charge is 2.01. The maximum atomic E-state index is 12.9. The SMILES string of the molecule is Cc1cc(F)ccc1CSc1ccc(N)cc1. The van der Waals surface area contributed by atoms with Gasteiger partial charge < -0.3 is 5.73 Å². The molecule has 2 aromatic carbocycles. The highest BCUT2D eigenvalue weighted by Crippen LogP contribution is 2.25. The molecule has 2 aromatic rings. The van der Waals surface area contributed by atoms with Crippen LogP contribution >= 0.6 is 11.8 Å². The Morgan fingerprint density at radius 2 is 1.82 bits per heavy atom. The fourth-order valence-electron chi connectivity index (χ4n) is 1.55. The highest BCUT2D eigenvalue weighted by atomic mass is 32.2. The van der Waals surface area contributed by atoms with Gasteiger partial charge in [-0.05, 0) is 54.4 Å². The van der Waals surface area contributed by atoms with Crippen molar-refractivity contribution in [2.75, 3.05) is 5.73 Å². The zero-order valence-electron chi connectivity index (χ0n) is 9.61. The van der Waals surface area contributed by atoms with Gasteiger partial charge in [0.25, 0.3) is 0 Å². The van der Waals surface area contributed by atoms with Gasteiger partial charge in [-0.3, -0.25) is 0 Å². The second-order valence-corrected chi connectivity index (χ2v) is 4.98. The fourth-order valence-corrected chi connectivity index (χ4v) is 2.52. The van der Waals surface area contributed by atoms with Crippen LogP contribution in [0.4, 0.5) is 10.1 Å². The normalized spacial score (nSPS) is 10.5. The molecule has 0 aliphatic rings. The average Bonchev–Trinajstić information content (AvgIpc) is 2.30. The Balaban J connectivity index is 2.04. The van der Waals surface area contributed by atoms with Gasteiger partial charge in [0.05, 0.1) is 0 Å². The topological polar surface area (TPSA) is 26.0 Å². The molecule has 0 aromatic heterocycles. The summed E-state index contributed by atoms with van der Waals surface area (Å²) in [6.45, 7) is 1.93. The molecule has 0 fully saturated rings. The number of rotatable bonds is 3. The second-order valence-electron chi connectivity index (χ2n) is 3.93. The minimum Gasteiger partial charge on any atom is -0.399 e. The first-order chi connectivity index (χ1) is 8.15. The van der Waals surface area contributed by atoms with E-state index >= 15 is 0 Å². The van der Waals surface area contributed by atoms with Gasteiger partial charge >= 0.3 is 0 Å². The van der Waals surface area contributed by atoms with E-state index in [1.165, 1.54) is 11.0 Å². The Morgan fingerprint density at radius 1 is 1.12 bits per heavy atom. The molecule has 0 bridgehead atoms. The van der Waals surface area contributed by atoms with Crippen LogP contribution in [0.1, 0.15) is 11.1 Å². The summed E-state index contributed by atoms with van der Waals surface area (Å²) in [5.74, 6) is 0.666. The van der Waals surface area contributed by atoms with Crippen molar-refractivity contribution in [2.24, 2.45) is 0 Å². The number of hydrogen-bond acceptors (Lipinski definition) is 2. The van der Waals surface area contributed by atoms with Crippen molar-refractivity contribution < 1.29 is 4.39 Å². The van der Waals surface area contributed by atoms with Gasteiger partial charge in [0.2, 0.25) is 0 Å². The maximum absolute atomic E-state index is 12.9. The molecule has 0 saturated carbocycles. The lowest BCUT2D eigenvalue weighted by Gasteiger charge is -2.06. The van der Waals surface area contributed by atoms with Crippen LogP contribution in [0.15, 0.2) is 47.4 Å². The van der Waals surface area contributed by atoms with Gasteiger partial charge in [-0.1, -0.05) is 6.07 Å². The number of nitrogens with two attached hydrogens (primary N) is 1. The average molecular weight is 247 g/mol. The largest absolute Gasteiger partial charge is 0.399 e. The first kappa shape index (κ1) is 12.0. The minimum absolute atomic E-state index is 0.177.